The highest BCUT2D eigenvalue weighted by molar-refractivity contribution is 6.74. The van der Waals surface area contributed by atoms with E-state index in [1.165, 1.54) is 0 Å². The van der Waals surface area contributed by atoms with Gasteiger partial charge < -0.3 is 14.2 Å². The third-order valence-corrected chi connectivity index (χ3v) is 11.6. The molecule has 1 aromatic heterocycles. The normalized spacial score (nSPS) is 17.4. The van der Waals surface area contributed by atoms with Crippen molar-refractivity contribution in [2.24, 2.45) is 5.16 Å². The minimum Gasteiger partial charge on any atom is -0.412 e. The summed E-state index contributed by atoms with van der Waals surface area (Å²) in [6.45, 7) is 17.5. The van der Waals surface area contributed by atoms with Gasteiger partial charge in [-0.2, -0.15) is 0 Å². The number of hydrogen-bond acceptors (Lipinski definition) is 7. The Morgan fingerprint density at radius 3 is 2.44 bits per heavy atom. The molecule has 9 heteroatoms. The summed E-state index contributed by atoms with van der Waals surface area (Å²) in [5.41, 5.74) is 2.69. The lowest BCUT2D eigenvalue weighted by Gasteiger charge is -2.37. The van der Waals surface area contributed by atoms with Gasteiger partial charge in [0.2, 0.25) is 5.95 Å². The summed E-state index contributed by atoms with van der Waals surface area (Å²) in [6.07, 6.45) is 3.56. The Kier molecular flexibility index (Phi) is 7.07. The third-order valence-electron chi connectivity index (χ3n) is 7.15. The molecule has 3 heterocycles. The van der Waals surface area contributed by atoms with Crippen LogP contribution in [0.2, 0.25) is 18.1 Å². The van der Waals surface area contributed by atoms with Gasteiger partial charge in [0, 0.05) is 42.2 Å². The van der Waals surface area contributed by atoms with Gasteiger partial charge in [0.15, 0.2) is 14.4 Å². The van der Waals surface area contributed by atoms with Crippen molar-refractivity contribution in [3.05, 3.63) is 42.0 Å². The number of aromatic nitrogens is 2. The molecule has 2 aliphatic rings. The zero-order valence-electron chi connectivity index (χ0n) is 21.1. The predicted molar refractivity (Wildman–Crippen MR) is 136 cm³/mol. The van der Waals surface area contributed by atoms with Crippen LogP contribution in [0.4, 0.5) is 10.3 Å². The molecule has 2 fully saturated rings. The fourth-order valence-electron chi connectivity index (χ4n) is 3.60. The standard InChI is InChI=1S/C25H36FN5O2Si/c1-7-30-15-21(16-30)33-29-20-13-31(14-20)24-27-11-19(12-28-24)22-10-8-9-18(23(22)26)17-32-34(5,6)25(2,3)4/h8-12,21H,7,13-17H2,1-6H3. The number of oxime groups is 1. The van der Waals surface area contributed by atoms with Crippen LogP contribution < -0.4 is 4.90 Å². The number of hydrogen-bond donors (Lipinski definition) is 0. The van der Waals surface area contributed by atoms with Crippen molar-refractivity contribution in [1.82, 2.24) is 14.9 Å². The monoisotopic (exact) mass is 485 g/mol. The Morgan fingerprint density at radius 2 is 1.82 bits per heavy atom. The largest absolute Gasteiger partial charge is 0.412 e. The first kappa shape index (κ1) is 24.8. The number of likely N-dealkylation sites (N-methyl/N-ethyl adjacent to an activating group) is 1. The maximum Gasteiger partial charge on any atom is 0.225 e. The van der Waals surface area contributed by atoms with Crippen LogP contribution in [0, 0.1) is 5.82 Å². The number of halogens is 1. The van der Waals surface area contributed by atoms with Crippen LogP contribution >= 0.6 is 0 Å². The van der Waals surface area contributed by atoms with E-state index in [9.17, 15) is 0 Å². The van der Waals surface area contributed by atoms with Crippen LogP contribution in [0.5, 0.6) is 0 Å². The minimum atomic E-state index is -1.96. The van der Waals surface area contributed by atoms with Gasteiger partial charge in [-0.25, -0.2) is 14.4 Å². The smallest absolute Gasteiger partial charge is 0.225 e. The summed E-state index contributed by atoms with van der Waals surface area (Å²) in [5.74, 6) is 0.340. The summed E-state index contributed by atoms with van der Waals surface area (Å²) in [4.78, 5) is 18.8. The highest BCUT2D eigenvalue weighted by Gasteiger charge is 2.37. The number of anilines is 1. The van der Waals surface area contributed by atoms with Gasteiger partial charge in [-0.05, 0) is 24.7 Å². The highest BCUT2D eigenvalue weighted by atomic mass is 28.4. The van der Waals surface area contributed by atoms with E-state index in [0.717, 1.165) is 25.3 Å². The van der Waals surface area contributed by atoms with Gasteiger partial charge in [0.05, 0.1) is 25.4 Å². The van der Waals surface area contributed by atoms with Gasteiger partial charge in [-0.1, -0.05) is 51.0 Å². The van der Waals surface area contributed by atoms with Crippen LogP contribution in [0.25, 0.3) is 11.1 Å². The van der Waals surface area contributed by atoms with E-state index in [4.69, 9.17) is 9.26 Å². The highest BCUT2D eigenvalue weighted by Crippen LogP contribution is 2.37. The molecule has 2 aliphatic heterocycles. The second kappa shape index (κ2) is 9.71. The summed E-state index contributed by atoms with van der Waals surface area (Å²) >= 11 is 0. The average molecular weight is 486 g/mol. The quantitative estimate of drug-likeness (QED) is 0.399. The summed E-state index contributed by atoms with van der Waals surface area (Å²) in [5, 5.41) is 4.34. The SMILES string of the molecule is CCN1CC(ON=C2CN(c3ncc(-c4cccc(CO[Si](C)(C)C(C)(C)C)c4F)cn3)C2)C1. The molecule has 0 spiro atoms. The molecule has 0 bridgehead atoms. The molecule has 0 unspecified atom stereocenters. The topological polar surface area (TPSA) is 63.1 Å². The van der Waals surface area contributed by atoms with Crippen molar-refractivity contribution < 1.29 is 13.7 Å². The maximum atomic E-state index is 15.3. The molecule has 0 aliphatic carbocycles. The zero-order chi connectivity index (χ0) is 24.5. The van der Waals surface area contributed by atoms with Gasteiger partial charge in [-0.3, -0.25) is 4.90 Å². The molecule has 184 valence electrons. The van der Waals surface area contributed by atoms with E-state index in [0.29, 0.717) is 35.7 Å². The lowest BCUT2D eigenvalue weighted by atomic mass is 10.1. The van der Waals surface area contributed by atoms with Crippen molar-refractivity contribution in [3.8, 4) is 11.1 Å². The summed E-state index contributed by atoms with van der Waals surface area (Å²) < 4.78 is 21.5. The van der Waals surface area contributed by atoms with Crippen LogP contribution in [-0.2, 0) is 15.9 Å². The molecule has 2 saturated heterocycles. The number of likely N-dealkylation sites (tertiary alicyclic amines) is 1. The van der Waals surface area contributed by atoms with Crippen LogP contribution in [0.3, 0.4) is 0 Å². The van der Waals surface area contributed by atoms with Crippen molar-refractivity contribution in [1.29, 1.82) is 0 Å². The number of rotatable bonds is 8. The zero-order valence-corrected chi connectivity index (χ0v) is 22.1. The van der Waals surface area contributed by atoms with Gasteiger partial charge >= 0.3 is 0 Å². The van der Waals surface area contributed by atoms with Gasteiger partial charge in [0.1, 0.15) is 5.82 Å². The lowest BCUT2D eigenvalue weighted by molar-refractivity contribution is -0.0507. The van der Waals surface area contributed by atoms with Gasteiger partial charge in [0.25, 0.3) is 0 Å². The van der Waals surface area contributed by atoms with Crippen molar-refractivity contribution in [2.75, 3.05) is 37.6 Å². The van der Waals surface area contributed by atoms with E-state index in [1.54, 1.807) is 24.5 Å². The molecule has 0 radical (unpaired) electrons. The van der Waals surface area contributed by atoms with Crippen LogP contribution in [0.1, 0.15) is 33.3 Å². The molecule has 0 N–H and O–H groups in total. The van der Waals surface area contributed by atoms with Crippen molar-refractivity contribution in [2.45, 2.75) is 58.5 Å². The Bertz CT molecular complexity index is 1020. The first-order valence-corrected chi connectivity index (χ1v) is 14.9. The molecular formula is C25H36FN5O2Si. The molecule has 2 aromatic rings. The number of nitrogens with zero attached hydrogens (tertiary/aromatic N) is 5. The summed E-state index contributed by atoms with van der Waals surface area (Å²) in [7, 11) is -1.96. The van der Waals surface area contributed by atoms with Crippen LogP contribution in [-0.4, -0.2) is 67.7 Å². The fourth-order valence-corrected chi connectivity index (χ4v) is 4.55. The van der Waals surface area contributed by atoms with Crippen LogP contribution in [0.15, 0.2) is 35.7 Å². The molecule has 0 amide bonds. The average Bonchev–Trinajstić information content (AvgIpc) is 2.73. The first-order valence-electron chi connectivity index (χ1n) is 12.0. The predicted octanol–water partition coefficient (Wildman–Crippen LogP) is 4.70. The second-order valence-electron chi connectivity index (χ2n) is 10.7. The van der Waals surface area contributed by atoms with Crippen molar-refractivity contribution in [3.63, 3.8) is 0 Å². The fraction of sp³-hybridized carbons (Fsp3) is 0.560. The Hall–Kier alpha value is -2.36. The number of benzene rings is 1. The Labute approximate surface area is 203 Å². The van der Waals surface area contributed by atoms with E-state index in [2.05, 4.69) is 60.8 Å². The van der Waals surface area contributed by atoms with E-state index in [-0.39, 0.29) is 23.6 Å². The molecular weight excluding hydrogens is 449 g/mol. The van der Waals surface area contributed by atoms with Gasteiger partial charge in [-0.15, -0.1) is 0 Å². The molecule has 34 heavy (non-hydrogen) atoms. The van der Waals surface area contributed by atoms with E-state index >= 15 is 4.39 Å². The molecule has 0 saturated carbocycles. The molecule has 7 nitrogen and oxygen atoms in total. The maximum absolute atomic E-state index is 15.3. The lowest BCUT2D eigenvalue weighted by Crippen LogP contribution is -2.52. The molecule has 4 rings (SSSR count). The van der Waals surface area contributed by atoms with E-state index in [1.807, 2.05) is 11.0 Å². The molecule has 0 atom stereocenters. The Balaban J connectivity index is 1.35. The minimum absolute atomic E-state index is 0.0752. The van der Waals surface area contributed by atoms with E-state index < -0.39 is 8.32 Å². The first-order chi connectivity index (χ1) is 16.1. The molecule has 1 aromatic carbocycles. The summed E-state index contributed by atoms with van der Waals surface area (Å²) in [6, 6.07) is 5.40. The Morgan fingerprint density at radius 1 is 1.15 bits per heavy atom. The third kappa shape index (κ3) is 5.31. The van der Waals surface area contributed by atoms with Crippen molar-refractivity contribution >= 4 is 20.0 Å². The second-order valence-corrected chi connectivity index (χ2v) is 15.5.